The van der Waals surface area contributed by atoms with Crippen LogP contribution < -0.4 is 0 Å². The van der Waals surface area contributed by atoms with Crippen LogP contribution in [-0.2, 0) is 0 Å². The molecule has 1 aliphatic rings. The van der Waals surface area contributed by atoms with E-state index in [1.807, 2.05) is 0 Å². The maximum atomic E-state index is 3.82. The van der Waals surface area contributed by atoms with Crippen molar-refractivity contribution in [2.24, 2.45) is 5.92 Å². The molecule has 1 fully saturated rings. The highest BCUT2D eigenvalue weighted by molar-refractivity contribution is 9.13. The van der Waals surface area contributed by atoms with Crippen molar-refractivity contribution in [3.8, 4) is 0 Å². The maximum absolute atomic E-state index is 3.82. The first kappa shape index (κ1) is 14.0. The molecule has 0 nitrogen and oxygen atoms in total. The Bertz CT molecular complexity index is 200. The first-order valence-electron chi connectivity index (χ1n) is 4.87. The van der Waals surface area contributed by atoms with Crippen molar-refractivity contribution in [3.63, 3.8) is 0 Å². The van der Waals surface area contributed by atoms with Gasteiger partial charge < -0.3 is 0 Å². The summed E-state index contributed by atoms with van der Waals surface area (Å²) in [6, 6.07) is 0. The lowest BCUT2D eigenvalue weighted by Crippen LogP contribution is -2.42. The van der Waals surface area contributed by atoms with Crippen LogP contribution in [-0.4, -0.2) is 18.8 Å². The summed E-state index contributed by atoms with van der Waals surface area (Å²) in [5, 5.41) is 1.02. The van der Waals surface area contributed by atoms with Crippen LogP contribution in [0, 0.1) is 5.92 Å². The number of hydrogen-bond donors (Lipinski definition) is 0. The van der Waals surface area contributed by atoms with E-state index < -0.39 is 0 Å². The molecule has 0 amide bonds. The summed E-state index contributed by atoms with van der Waals surface area (Å²) < 4.78 is 0.515. The van der Waals surface area contributed by atoms with Crippen LogP contribution in [0.2, 0.25) is 0 Å². The van der Waals surface area contributed by atoms with Crippen molar-refractivity contribution in [2.45, 2.75) is 46.6 Å². The third kappa shape index (κ3) is 3.21. The molecule has 1 saturated carbocycles. The first-order valence-corrected chi connectivity index (χ1v) is 8.50. The maximum Gasteiger partial charge on any atom is 0.0355 e. The molecule has 4 heteroatoms. The Morgan fingerprint density at radius 3 is 2.50 bits per heavy atom. The molecule has 14 heavy (non-hydrogen) atoms. The Kier molecular flexibility index (Phi) is 5.05. The van der Waals surface area contributed by atoms with Gasteiger partial charge in [-0.05, 0) is 39.0 Å². The third-order valence-electron chi connectivity index (χ3n) is 3.24. The van der Waals surface area contributed by atoms with E-state index in [1.54, 1.807) is 0 Å². The van der Waals surface area contributed by atoms with Crippen LogP contribution in [0.3, 0.4) is 0 Å². The van der Waals surface area contributed by atoms with Gasteiger partial charge in [0.2, 0.25) is 0 Å². The zero-order chi connectivity index (χ0) is 11.0. The molecular formula is C10H16Br4. The molecule has 0 unspecified atom stereocenters. The highest BCUT2D eigenvalue weighted by Gasteiger charge is 2.42. The lowest BCUT2D eigenvalue weighted by atomic mass is 9.77. The lowest BCUT2D eigenvalue weighted by Gasteiger charge is -2.42. The summed E-state index contributed by atoms with van der Waals surface area (Å²) in [6.45, 7) is 4.56. The van der Waals surface area contributed by atoms with Crippen LogP contribution in [0.5, 0.6) is 0 Å². The number of hydrogen-bond acceptors (Lipinski definition) is 0. The van der Waals surface area contributed by atoms with Gasteiger partial charge in [-0.25, -0.2) is 0 Å². The topological polar surface area (TPSA) is 0 Å². The second-order valence-corrected chi connectivity index (χ2v) is 9.92. The molecule has 0 radical (unpaired) electrons. The van der Waals surface area contributed by atoms with E-state index in [1.165, 1.54) is 19.3 Å². The van der Waals surface area contributed by atoms with E-state index in [0.29, 0.717) is 4.83 Å². The van der Waals surface area contributed by atoms with Crippen LogP contribution in [0.15, 0.2) is 0 Å². The van der Waals surface area contributed by atoms with E-state index in [4.69, 9.17) is 0 Å². The quantitative estimate of drug-likeness (QED) is 0.499. The second-order valence-electron chi connectivity index (χ2n) is 4.63. The molecule has 0 N–H and O–H groups in total. The van der Waals surface area contributed by atoms with Gasteiger partial charge in [0.1, 0.15) is 0 Å². The van der Waals surface area contributed by atoms with Crippen molar-refractivity contribution in [3.05, 3.63) is 0 Å². The Labute approximate surface area is 120 Å². The van der Waals surface area contributed by atoms with Crippen LogP contribution in [0.1, 0.15) is 33.1 Å². The summed E-state index contributed by atoms with van der Waals surface area (Å²) >= 11 is 15.0. The largest absolute Gasteiger partial charge is 0.0913 e. The van der Waals surface area contributed by atoms with E-state index in [0.717, 1.165) is 11.2 Å². The molecule has 0 aliphatic heterocycles. The standard InChI is InChI=1S/C10H16Br4/c1-9(13)4-3-7(5-8(9)12)10(2,14)6-11/h7-8H,3-6H2,1-2H3/t7-,8-,9-,10-/m0/s1. The van der Waals surface area contributed by atoms with Gasteiger partial charge >= 0.3 is 0 Å². The van der Waals surface area contributed by atoms with Gasteiger partial charge in [-0.2, -0.15) is 0 Å². The van der Waals surface area contributed by atoms with Gasteiger partial charge in [0, 0.05) is 18.8 Å². The minimum atomic E-state index is 0.239. The second kappa shape index (κ2) is 5.05. The Balaban J connectivity index is 2.63. The van der Waals surface area contributed by atoms with Crippen molar-refractivity contribution in [1.82, 2.24) is 0 Å². The zero-order valence-electron chi connectivity index (χ0n) is 8.49. The molecule has 0 bridgehead atoms. The van der Waals surface area contributed by atoms with Gasteiger partial charge in [-0.3, -0.25) is 0 Å². The van der Waals surface area contributed by atoms with Crippen molar-refractivity contribution in [1.29, 1.82) is 0 Å². The average molecular weight is 456 g/mol. The highest BCUT2D eigenvalue weighted by atomic mass is 79.9. The Morgan fingerprint density at radius 2 is 2.07 bits per heavy atom. The van der Waals surface area contributed by atoms with Crippen LogP contribution in [0.4, 0.5) is 0 Å². The monoisotopic (exact) mass is 452 g/mol. The summed E-state index contributed by atoms with van der Waals surface area (Å²) in [7, 11) is 0. The fourth-order valence-corrected chi connectivity index (χ4v) is 3.85. The predicted molar refractivity (Wildman–Crippen MR) is 78.5 cm³/mol. The molecule has 1 aliphatic carbocycles. The summed E-state index contributed by atoms with van der Waals surface area (Å²) in [5.41, 5.74) is 0. The van der Waals surface area contributed by atoms with E-state index in [2.05, 4.69) is 77.6 Å². The van der Waals surface area contributed by atoms with Gasteiger partial charge in [0.25, 0.3) is 0 Å². The molecule has 1 rings (SSSR count). The molecular weight excluding hydrogens is 440 g/mol. The molecule has 0 aromatic heterocycles. The molecule has 0 spiro atoms. The predicted octanol–water partition coefficient (Wildman–Crippen LogP) is 5.25. The highest BCUT2D eigenvalue weighted by Crippen LogP contribution is 2.47. The van der Waals surface area contributed by atoms with Crippen molar-refractivity contribution < 1.29 is 0 Å². The minimum absolute atomic E-state index is 0.239. The molecule has 0 heterocycles. The average Bonchev–Trinajstić information content (AvgIpc) is 2.09. The lowest BCUT2D eigenvalue weighted by molar-refractivity contribution is 0.292. The fourth-order valence-electron chi connectivity index (χ4n) is 1.88. The number of halogens is 4. The fraction of sp³-hybridized carbons (Fsp3) is 1.00. The van der Waals surface area contributed by atoms with Crippen molar-refractivity contribution >= 4 is 63.7 Å². The van der Waals surface area contributed by atoms with Crippen molar-refractivity contribution in [2.75, 3.05) is 5.33 Å². The number of rotatable bonds is 2. The normalized spacial score (nSPS) is 43.3. The van der Waals surface area contributed by atoms with Gasteiger partial charge in [-0.1, -0.05) is 63.7 Å². The Hall–Kier alpha value is 1.92. The summed E-state index contributed by atoms with van der Waals surface area (Å²) in [5.74, 6) is 0.747. The molecule has 0 aromatic carbocycles. The van der Waals surface area contributed by atoms with Gasteiger partial charge in [0.05, 0.1) is 0 Å². The minimum Gasteiger partial charge on any atom is -0.0913 e. The van der Waals surface area contributed by atoms with E-state index >= 15 is 0 Å². The Morgan fingerprint density at radius 1 is 1.50 bits per heavy atom. The molecule has 0 saturated heterocycles. The smallest absolute Gasteiger partial charge is 0.0355 e. The van der Waals surface area contributed by atoms with Crippen LogP contribution >= 0.6 is 63.7 Å². The molecule has 4 atom stereocenters. The molecule has 84 valence electrons. The summed E-state index contributed by atoms with van der Waals surface area (Å²) in [6.07, 6.45) is 3.76. The summed E-state index contributed by atoms with van der Waals surface area (Å²) in [4.78, 5) is 0.574. The number of alkyl halides is 4. The first-order chi connectivity index (χ1) is 6.29. The zero-order valence-corrected chi connectivity index (χ0v) is 14.8. The SMILES string of the molecule is C[C@](Br)(CBr)[C@H]1CC[C@](C)(Br)[C@@H](Br)C1. The third-order valence-corrected chi connectivity index (χ3v) is 9.03. The van der Waals surface area contributed by atoms with Crippen LogP contribution in [0.25, 0.3) is 0 Å². The van der Waals surface area contributed by atoms with Gasteiger partial charge in [-0.15, -0.1) is 0 Å². The molecule has 0 aromatic rings. The van der Waals surface area contributed by atoms with Gasteiger partial charge in [0.15, 0.2) is 0 Å². The van der Waals surface area contributed by atoms with E-state index in [9.17, 15) is 0 Å². The van der Waals surface area contributed by atoms with E-state index in [-0.39, 0.29) is 8.65 Å².